The van der Waals surface area contributed by atoms with Crippen LogP contribution in [0.2, 0.25) is 0 Å². The Kier molecular flexibility index (Phi) is 13.4. The highest BCUT2D eigenvalue weighted by Gasteiger charge is 2.29. The molecule has 0 atom stereocenters. The second-order valence-electron chi connectivity index (χ2n) is 7.75. The van der Waals surface area contributed by atoms with Gasteiger partial charge in [-0.2, -0.15) is 0 Å². The number of unbranched alkanes of at least 4 members (excludes halogenated alkanes) is 10. The van der Waals surface area contributed by atoms with Crippen molar-refractivity contribution < 1.29 is 14.3 Å². The number of Topliss-reactive ketones (excluding diaryl/α,β-unsaturated/α-hetero) is 1. The predicted octanol–water partition coefficient (Wildman–Crippen LogP) is 6.60. The minimum atomic E-state index is -0.322. The monoisotopic (exact) mass is 391 g/mol. The minimum absolute atomic E-state index is 0.127. The molecule has 160 valence electrons. The third-order valence-corrected chi connectivity index (χ3v) is 5.23. The van der Waals surface area contributed by atoms with Gasteiger partial charge in [0.2, 0.25) is 0 Å². The lowest BCUT2D eigenvalue weighted by Gasteiger charge is -2.29. The van der Waals surface area contributed by atoms with Crippen molar-refractivity contribution in [3.63, 3.8) is 0 Å². The quantitative estimate of drug-likeness (QED) is 0.262. The smallest absolute Gasteiger partial charge is 0.410 e. The Bertz CT molecular complexity index is 486. The minimum Gasteiger partial charge on any atom is -0.450 e. The molecule has 0 saturated carbocycles. The van der Waals surface area contributed by atoms with Gasteiger partial charge in [-0.25, -0.2) is 4.79 Å². The summed E-state index contributed by atoms with van der Waals surface area (Å²) >= 11 is 0. The van der Waals surface area contributed by atoms with Gasteiger partial charge < -0.3 is 4.74 Å². The maximum atomic E-state index is 12.9. The maximum Gasteiger partial charge on any atom is 0.410 e. The van der Waals surface area contributed by atoms with Crippen molar-refractivity contribution >= 4 is 11.9 Å². The lowest BCUT2D eigenvalue weighted by Crippen LogP contribution is -2.42. The number of hydrogen-bond donors (Lipinski definition) is 0. The van der Waals surface area contributed by atoms with Crippen LogP contribution in [0.15, 0.2) is 23.3 Å². The molecule has 0 spiro atoms. The van der Waals surface area contributed by atoms with Crippen LogP contribution in [0.1, 0.15) is 97.8 Å². The molecule has 0 N–H and O–H groups in total. The summed E-state index contributed by atoms with van der Waals surface area (Å²) < 4.78 is 5.17. The predicted molar refractivity (Wildman–Crippen MR) is 117 cm³/mol. The standard InChI is InChI=1S/C24H41NO3/c1-4-7-9-11-13-15-17-21-19-25(24(27)28-6-3)20-22(23(21)26)18-16-14-12-10-8-5-2/h17-18H,4-16,19-20H2,1-3H3/b21-17-,22-18+. The number of carbonyl (C=O) groups excluding carboxylic acids is 2. The van der Waals surface area contributed by atoms with Crippen LogP contribution in [0.4, 0.5) is 4.79 Å². The van der Waals surface area contributed by atoms with Gasteiger partial charge >= 0.3 is 6.09 Å². The number of hydrogen-bond acceptors (Lipinski definition) is 3. The van der Waals surface area contributed by atoms with Gasteiger partial charge in [-0.3, -0.25) is 9.69 Å². The molecule has 1 saturated heterocycles. The van der Waals surface area contributed by atoms with Crippen LogP contribution in [-0.4, -0.2) is 36.5 Å². The Morgan fingerprint density at radius 1 is 0.821 bits per heavy atom. The molecule has 0 aromatic rings. The highest BCUT2D eigenvalue weighted by Crippen LogP contribution is 2.21. The van der Waals surface area contributed by atoms with E-state index in [1.807, 2.05) is 6.92 Å². The number of carbonyl (C=O) groups is 2. The molecule has 0 aromatic heterocycles. The summed E-state index contributed by atoms with van der Waals surface area (Å²) in [6.45, 7) is 7.35. The van der Waals surface area contributed by atoms with Gasteiger partial charge in [-0.15, -0.1) is 0 Å². The van der Waals surface area contributed by atoms with Crippen molar-refractivity contribution in [1.29, 1.82) is 0 Å². The van der Waals surface area contributed by atoms with Crippen LogP contribution >= 0.6 is 0 Å². The summed E-state index contributed by atoms with van der Waals surface area (Å²) in [6.07, 6.45) is 17.7. The second-order valence-corrected chi connectivity index (χ2v) is 7.75. The highest BCUT2D eigenvalue weighted by molar-refractivity contribution is 6.10. The van der Waals surface area contributed by atoms with Crippen LogP contribution in [-0.2, 0) is 9.53 Å². The van der Waals surface area contributed by atoms with Crippen molar-refractivity contribution in [3.8, 4) is 0 Å². The largest absolute Gasteiger partial charge is 0.450 e. The van der Waals surface area contributed by atoms with E-state index in [1.165, 1.54) is 51.4 Å². The number of allylic oxidation sites excluding steroid dienone is 2. The van der Waals surface area contributed by atoms with E-state index >= 15 is 0 Å². The highest BCUT2D eigenvalue weighted by atomic mass is 16.6. The van der Waals surface area contributed by atoms with Crippen molar-refractivity contribution in [3.05, 3.63) is 23.3 Å². The molecule has 28 heavy (non-hydrogen) atoms. The number of piperidine rings is 1. The molecule has 0 aromatic carbocycles. The van der Waals surface area contributed by atoms with Crippen LogP contribution < -0.4 is 0 Å². The Morgan fingerprint density at radius 2 is 1.29 bits per heavy atom. The zero-order chi connectivity index (χ0) is 20.6. The molecule has 0 bridgehead atoms. The summed E-state index contributed by atoms with van der Waals surface area (Å²) in [5.74, 6) is 0.127. The number of rotatable bonds is 13. The van der Waals surface area contributed by atoms with Crippen molar-refractivity contribution in [1.82, 2.24) is 4.90 Å². The molecule has 1 aliphatic heterocycles. The Morgan fingerprint density at radius 3 is 1.71 bits per heavy atom. The fourth-order valence-electron chi connectivity index (χ4n) is 3.52. The summed E-state index contributed by atoms with van der Waals surface area (Å²) in [5.41, 5.74) is 1.51. The molecule has 1 heterocycles. The molecule has 1 rings (SSSR count). The van der Waals surface area contributed by atoms with Crippen LogP contribution in [0.3, 0.4) is 0 Å². The topological polar surface area (TPSA) is 46.6 Å². The molecule has 1 fully saturated rings. The van der Waals surface area contributed by atoms with E-state index in [4.69, 9.17) is 4.74 Å². The van der Waals surface area contributed by atoms with E-state index in [9.17, 15) is 9.59 Å². The van der Waals surface area contributed by atoms with Gasteiger partial charge in [0.25, 0.3) is 0 Å². The summed E-state index contributed by atoms with van der Waals surface area (Å²) in [6, 6.07) is 0. The molecule has 4 heteroatoms. The summed E-state index contributed by atoms with van der Waals surface area (Å²) in [5, 5.41) is 0. The molecule has 4 nitrogen and oxygen atoms in total. The van der Waals surface area contributed by atoms with E-state index in [1.54, 1.807) is 4.90 Å². The third kappa shape index (κ3) is 9.57. The first kappa shape index (κ1) is 24.5. The zero-order valence-corrected chi connectivity index (χ0v) is 18.4. The Balaban J connectivity index is 2.67. The first-order valence-electron chi connectivity index (χ1n) is 11.5. The lowest BCUT2D eigenvalue weighted by molar-refractivity contribution is -0.113. The van der Waals surface area contributed by atoms with Gasteiger partial charge in [0.1, 0.15) is 0 Å². The summed E-state index contributed by atoms with van der Waals surface area (Å²) in [7, 11) is 0. The van der Waals surface area contributed by atoms with Gasteiger partial charge in [0.05, 0.1) is 19.7 Å². The van der Waals surface area contributed by atoms with Gasteiger partial charge in [0.15, 0.2) is 5.78 Å². The average Bonchev–Trinajstić information content (AvgIpc) is 2.69. The van der Waals surface area contributed by atoms with E-state index in [-0.39, 0.29) is 11.9 Å². The fourth-order valence-corrected chi connectivity index (χ4v) is 3.52. The number of amides is 1. The number of ketones is 1. The van der Waals surface area contributed by atoms with Crippen molar-refractivity contribution in [2.45, 2.75) is 97.8 Å². The molecule has 0 aliphatic carbocycles. The van der Waals surface area contributed by atoms with Crippen LogP contribution in [0.5, 0.6) is 0 Å². The SMILES string of the molecule is CCCCCCC/C=C1/CN(C(=O)OCC)C/C(=C\CCCCCCC)C1=O. The van der Waals surface area contributed by atoms with E-state index < -0.39 is 0 Å². The van der Waals surface area contributed by atoms with E-state index in [0.717, 1.165) is 36.8 Å². The van der Waals surface area contributed by atoms with Crippen LogP contribution in [0, 0.1) is 0 Å². The summed E-state index contributed by atoms with van der Waals surface area (Å²) in [4.78, 5) is 26.8. The van der Waals surface area contributed by atoms with Crippen LogP contribution in [0.25, 0.3) is 0 Å². The molecule has 0 unspecified atom stereocenters. The van der Waals surface area contributed by atoms with Gasteiger partial charge in [-0.05, 0) is 32.6 Å². The fraction of sp³-hybridized carbons (Fsp3) is 0.750. The molecule has 0 radical (unpaired) electrons. The van der Waals surface area contributed by atoms with Gasteiger partial charge in [0, 0.05) is 11.1 Å². The zero-order valence-electron chi connectivity index (χ0n) is 18.4. The van der Waals surface area contributed by atoms with Gasteiger partial charge in [-0.1, -0.05) is 77.4 Å². The number of nitrogens with zero attached hydrogens (tertiary/aromatic N) is 1. The molecule has 1 aliphatic rings. The Labute approximate surface area is 172 Å². The van der Waals surface area contributed by atoms with Crippen molar-refractivity contribution in [2.24, 2.45) is 0 Å². The molecular formula is C24H41NO3. The van der Waals surface area contributed by atoms with E-state index in [0.29, 0.717) is 19.7 Å². The van der Waals surface area contributed by atoms with Crippen molar-refractivity contribution in [2.75, 3.05) is 19.7 Å². The maximum absolute atomic E-state index is 12.9. The number of likely N-dealkylation sites (tertiary alicyclic amines) is 1. The first-order valence-corrected chi connectivity index (χ1v) is 11.5. The van der Waals surface area contributed by atoms with E-state index in [2.05, 4.69) is 26.0 Å². The first-order chi connectivity index (χ1) is 13.6. The lowest BCUT2D eigenvalue weighted by atomic mass is 9.95. The Hall–Kier alpha value is -1.58. The second kappa shape index (κ2) is 15.4. The normalized spacial score (nSPS) is 17.5. The number of ether oxygens (including phenoxy) is 1. The third-order valence-electron chi connectivity index (χ3n) is 5.23. The molecular weight excluding hydrogens is 350 g/mol. The average molecular weight is 392 g/mol. The molecule has 1 amide bonds.